The lowest BCUT2D eigenvalue weighted by Gasteiger charge is -2.30. The van der Waals surface area contributed by atoms with Crippen LogP contribution in [0.5, 0.6) is 5.75 Å². The molecule has 0 aliphatic heterocycles. The van der Waals surface area contributed by atoms with Gasteiger partial charge in [-0.15, -0.1) is 0 Å². The Morgan fingerprint density at radius 3 is 2.43 bits per heavy atom. The number of nitrogens with two attached hydrogens (primary N) is 1. The summed E-state index contributed by atoms with van der Waals surface area (Å²) in [7, 11) is 0. The van der Waals surface area contributed by atoms with Crippen molar-refractivity contribution in [2.45, 2.75) is 38.7 Å². The Bertz CT molecular complexity index is 485. The van der Waals surface area contributed by atoms with Gasteiger partial charge in [0, 0.05) is 17.5 Å². The highest BCUT2D eigenvalue weighted by molar-refractivity contribution is 5.68. The molecule has 1 aromatic carbocycles. The number of rotatable bonds is 5. The molecule has 0 aliphatic rings. The van der Waals surface area contributed by atoms with Crippen molar-refractivity contribution in [1.82, 2.24) is 5.32 Å². The van der Waals surface area contributed by atoms with E-state index in [1.807, 2.05) is 6.92 Å². The molecule has 1 amide bonds. The third kappa shape index (κ3) is 5.24. The van der Waals surface area contributed by atoms with Gasteiger partial charge in [0.25, 0.3) is 0 Å². The zero-order valence-corrected chi connectivity index (χ0v) is 13.0. The zero-order chi connectivity index (χ0) is 16.1. The predicted molar refractivity (Wildman–Crippen MR) is 79.8 cm³/mol. The van der Waals surface area contributed by atoms with E-state index in [4.69, 9.17) is 15.5 Å². The molecule has 1 rings (SSSR count). The topological polar surface area (TPSA) is 93.8 Å². The molecular weight excluding hydrogens is 272 g/mol. The van der Waals surface area contributed by atoms with Crippen LogP contribution >= 0.6 is 0 Å². The predicted octanol–water partition coefficient (Wildman–Crippen LogP) is 2.06. The second-order valence-electron chi connectivity index (χ2n) is 6.24. The first-order valence-electron chi connectivity index (χ1n) is 6.75. The van der Waals surface area contributed by atoms with Gasteiger partial charge in [0.2, 0.25) is 0 Å². The van der Waals surface area contributed by atoms with Gasteiger partial charge in [-0.05, 0) is 26.8 Å². The zero-order valence-electron chi connectivity index (χ0n) is 13.0. The summed E-state index contributed by atoms with van der Waals surface area (Å²) in [6.07, 6.45) is -0.527. The van der Waals surface area contributed by atoms with Crippen molar-refractivity contribution in [3.05, 3.63) is 29.8 Å². The van der Waals surface area contributed by atoms with Crippen molar-refractivity contribution in [1.29, 1.82) is 0 Å². The summed E-state index contributed by atoms with van der Waals surface area (Å²) in [5, 5.41) is 12.7. The quantitative estimate of drug-likeness (QED) is 0.723. The number of ether oxygens (including phenoxy) is 1. The molecule has 1 aromatic rings. The molecule has 1 atom stereocenters. The Kier molecular flexibility index (Phi) is 5.57. The van der Waals surface area contributed by atoms with Gasteiger partial charge in [-0.3, -0.25) is 0 Å². The molecule has 0 radical (unpaired) electrons. The Morgan fingerprint density at radius 1 is 1.29 bits per heavy atom. The van der Waals surface area contributed by atoms with Crippen LogP contribution in [0.25, 0.3) is 0 Å². The molecule has 0 saturated carbocycles. The summed E-state index contributed by atoms with van der Waals surface area (Å²) in [4.78, 5) is 16.5. The molecule has 0 saturated heterocycles. The van der Waals surface area contributed by atoms with Crippen molar-refractivity contribution in [3.63, 3.8) is 0 Å². The highest BCUT2D eigenvalue weighted by Crippen LogP contribution is 2.30. The van der Waals surface area contributed by atoms with Crippen LogP contribution in [0.2, 0.25) is 0 Å². The minimum absolute atomic E-state index is 0.128. The highest BCUT2D eigenvalue weighted by atomic mass is 16.6. The summed E-state index contributed by atoms with van der Waals surface area (Å²) >= 11 is 0. The molecular formula is C15H24N2O4. The molecule has 1 unspecified atom stereocenters. The van der Waals surface area contributed by atoms with E-state index >= 15 is 0 Å². The first-order valence-corrected chi connectivity index (χ1v) is 6.75. The number of phenolic OH excluding ortho intramolecular Hbond substituents is 1. The Hall–Kier alpha value is -1.79. The lowest BCUT2D eigenvalue weighted by molar-refractivity contribution is 0.0475. The molecule has 0 spiro atoms. The number of hydrogen-bond donors (Lipinski definition) is 3. The van der Waals surface area contributed by atoms with E-state index in [1.54, 1.807) is 45.0 Å². The lowest BCUT2D eigenvalue weighted by Crippen LogP contribution is -2.44. The van der Waals surface area contributed by atoms with Gasteiger partial charge in [0.15, 0.2) is 0 Å². The average molecular weight is 296 g/mol. The molecule has 0 fully saturated rings. The van der Waals surface area contributed by atoms with E-state index in [1.165, 1.54) is 0 Å². The van der Waals surface area contributed by atoms with E-state index in [-0.39, 0.29) is 18.9 Å². The van der Waals surface area contributed by atoms with E-state index < -0.39 is 17.1 Å². The minimum atomic E-state index is -0.670. The monoisotopic (exact) mass is 296 g/mol. The van der Waals surface area contributed by atoms with Crippen LogP contribution in [0.15, 0.2) is 24.3 Å². The minimum Gasteiger partial charge on any atom is -0.508 e. The number of aromatic hydroxyl groups is 1. The van der Waals surface area contributed by atoms with E-state index in [0.717, 1.165) is 0 Å². The smallest absolute Gasteiger partial charge is 0.407 e. The van der Waals surface area contributed by atoms with Crippen LogP contribution in [0, 0.1) is 0 Å². The van der Waals surface area contributed by atoms with Crippen LogP contribution < -0.4 is 11.2 Å². The van der Waals surface area contributed by atoms with Gasteiger partial charge < -0.3 is 20.0 Å². The Morgan fingerprint density at radius 2 is 1.90 bits per heavy atom. The van der Waals surface area contributed by atoms with E-state index in [0.29, 0.717) is 5.56 Å². The molecule has 6 heteroatoms. The largest absolute Gasteiger partial charge is 0.508 e. The summed E-state index contributed by atoms with van der Waals surface area (Å²) in [6.45, 7) is 7.57. The molecule has 118 valence electrons. The number of nitrogens with one attached hydrogen (secondary N) is 1. The van der Waals surface area contributed by atoms with Crippen molar-refractivity contribution in [2.75, 3.05) is 13.2 Å². The lowest BCUT2D eigenvalue weighted by atomic mass is 9.82. The first-order chi connectivity index (χ1) is 9.68. The molecule has 0 aromatic heterocycles. The number of benzene rings is 1. The molecule has 6 nitrogen and oxygen atoms in total. The Labute approximate surface area is 125 Å². The average Bonchev–Trinajstić information content (AvgIpc) is 2.35. The number of phenols is 1. The third-order valence-electron chi connectivity index (χ3n) is 2.98. The SMILES string of the molecule is CC(C)(C)OC(=O)NCC(C)(CON)c1ccccc1O. The standard InChI is InChI=1S/C15H24N2O4/c1-14(2,3)21-13(19)17-9-15(4,10-20-16)11-7-5-6-8-12(11)18/h5-8,18H,9-10,16H2,1-4H3,(H,17,19). The number of carbonyl (C=O) groups is 1. The maximum atomic E-state index is 11.8. The maximum Gasteiger partial charge on any atom is 0.407 e. The van der Waals surface area contributed by atoms with Gasteiger partial charge in [0.1, 0.15) is 11.4 Å². The fraction of sp³-hybridized carbons (Fsp3) is 0.533. The highest BCUT2D eigenvalue weighted by Gasteiger charge is 2.31. The summed E-state index contributed by atoms with van der Waals surface area (Å²) in [5.41, 5.74) is -0.594. The third-order valence-corrected chi connectivity index (χ3v) is 2.98. The van der Waals surface area contributed by atoms with Crippen molar-refractivity contribution >= 4 is 6.09 Å². The maximum absolute atomic E-state index is 11.8. The van der Waals surface area contributed by atoms with Crippen molar-refractivity contribution < 1.29 is 19.5 Å². The number of para-hydroxylation sites is 1. The Balaban J connectivity index is 2.83. The normalized spacial score (nSPS) is 14.3. The molecule has 0 heterocycles. The van der Waals surface area contributed by atoms with Gasteiger partial charge in [0.05, 0.1) is 6.61 Å². The van der Waals surface area contributed by atoms with Gasteiger partial charge in [-0.2, -0.15) is 0 Å². The second-order valence-corrected chi connectivity index (χ2v) is 6.24. The summed E-state index contributed by atoms with van der Waals surface area (Å²) in [6, 6.07) is 6.88. The molecule has 0 aliphatic carbocycles. The van der Waals surface area contributed by atoms with Crippen LogP contribution in [-0.2, 0) is 15.0 Å². The van der Waals surface area contributed by atoms with Crippen LogP contribution in [0.3, 0.4) is 0 Å². The molecule has 4 N–H and O–H groups in total. The van der Waals surface area contributed by atoms with Crippen LogP contribution in [0.4, 0.5) is 4.79 Å². The number of hydrogen-bond acceptors (Lipinski definition) is 5. The van der Waals surface area contributed by atoms with Crippen molar-refractivity contribution in [3.8, 4) is 5.75 Å². The summed E-state index contributed by atoms with van der Waals surface area (Å²) in [5.74, 6) is 5.31. The fourth-order valence-corrected chi connectivity index (χ4v) is 1.97. The van der Waals surface area contributed by atoms with Crippen molar-refractivity contribution in [2.24, 2.45) is 5.90 Å². The second kappa shape index (κ2) is 6.78. The first kappa shape index (κ1) is 17.3. The molecule has 21 heavy (non-hydrogen) atoms. The van der Waals surface area contributed by atoms with E-state index in [9.17, 15) is 9.90 Å². The van der Waals surface area contributed by atoms with Crippen LogP contribution in [0.1, 0.15) is 33.3 Å². The number of carbonyl (C=O) groups excluding carboxylic acids is 1. The van der Waals surface area contributed by atoms with Gasteiger partial charge in [-0.1, -0.05) is 25.1 Å². The summed E-state index contributed by atoms with van der Waals surface area (Å²) < 4.78 is 5.19. The molecule has 0 bridgehead atoms. The number of alkyl carbamates (subject to hydrolysis) is 1. The van der Waals surface area contributed by atoms with Gasteiger partial charge >= 0.3 is 6.09 Å². The van der Waals surface area contributed by atoms with Crippen LogP contribution in [-0.4, -0.2) is 30.0 Å². The van der Waals surface area contributed by atoms with Gasteiger partial charge in [-0.25, -0.2) is 10.7 Å². The fourth-order valence-electron chi connectivity index (χ4n) is 1.97. The van der Waals surface area contributed by atoms with E-state index in [2.05, 4.69) is 5.32 Å². The number of amides is 1.